The summed E-state index contributed by atoms with van der Waals surface area (Å²) in [6, 6.07) is 5.65. The molecule has 1 saturated carbocycles. The van der Waals surface area contributed by atoms with Gasteiger partial charge in [-0.25, -0.2) is 0 Å². The molecule has 1 aromatic carbocycles. The summed E-state index contributed by atoms with van der Waals surface area (Å²) in [6.07, 6.45) is 6.02. The summed E-state index contributed by atoms with van der Waals surface area (Å²) in [4.78, 5) is 11.8. The summed E-state index contributed by atoms with van der Waals surface area (Å²) in [7, 11) is 0. The number of carboxylic acid groups (broad SMARTS) is 1. The van der Waals surface area contributed by atoms with Crippen LogP contribution in [0.5, 0.6) is 0 Å². The maximum atomic E-state index is 11.8. The zero-order valence-electron chi connectivity index (χ0n) is 10.1. The molecule has 4 nitrogen and oxygen atoms in total. The highest BCUT2D eigenvalue weighted by molar-refractivity contribution is 5.89. The average molecular weight is 245 g/mol. The number of rotatable bonds is 2. The minimum Gasteiger partial charge on any atom is -0.481 e. The molecule has 4 heteroatoms. The maximum Gasteiger partial charge on any atom is 0.314 e. The summed E-state index contributed by atoms with van der Waals surface area (Å²) in [5, 5.41) is 14.3. The quantitative estimate of drug-likeness (QED) is 0.882. The van der Waals surface area contributed by atoms with E-state index >= 15 is 0 Å². The van der Waals surface area contributed by atoms with Crippen LogP contribution in [-0.2, 0) is 10.2 Å². The number of aromatic nitrogens is 1. The number of para-hydroxylation sites is 1. The predicted octanol–water partition coefficient (Wildman–Crippen LogP) is 3.11. The summed E-state index contributed by atoms with van der Waals surface area (Å²) in [5.74, 6) is -0.744. The summed E-state index contributed by atoms with van der Waals surface area (Å²) in [5.41, 5.74) is 0.614. The number of aliphatic carboxylic acids is 1. The van der Waals surface area contributed by atoms with Gasteiger partial charge < -0.3 is 9.63 Å². The number of carboxylic acids is 1. The van der Waals surface area contributed by atoms with Crippen LogP contribution < -0.4 is 0 Å². The first-order valence-corrected chi connectivity index (χ1v) is 6.31. The highest BCUT2D eigenvalue weighted by Crippen LogP contribution is 2.42. The molecule has 1 aliphatic carbocycles. The van der Waals surface area contributed by atoms with Crippen LogP contribution in [0.15, 0.2) is 28.9 Å². The fourth-order valence-electron chi connectivity index (χ4n) is 3.02. The van der Waals surface area contributed by atoms with Crippen LogP contribution in [0.3, 0.4) is 0 Å². The van der Waals surface area contributed by atoms with E-state index in [0.717, 1.165) is 30.2 Å². The molecule has 1 fully saturated rings. The number of hydrogen-bond acceptors (Lipinski definition) is 3. The van der Waals surface area contributed by atoms with Crippen molar-refractivity contribution in [2.75, 3.05) is 0 Å². The third kappa shape index (κ3) is 1.52. The first-order valence-electron chi connectivity index (χ1n) is 6.31. The van der Waals surface area contributed by atoms with Crippen molar-refractivity contribution in [3.05, 3.63) is 30.0 Å². The lowest BCUT2D eigenvalue weighted by atomic mass is 9.69. The van der Waals surface area contributed by atoms with Crippen LogP contribution in [0, 0.1) is 0 Å². The third-order valence-electron chi connectivity index (χ3n) is 4.01. The van der Waals surface area contributed by atoms with Gasteiger partial charge in [0.05, 0.1) is 11.6 Å². The highest BCUT2D eigenvalue weighted by Gasteiger charge is 2.43. The van der Waals surface area contributed by atoms with Gasteiger partial charge in [-0.05, 0) is 18.9 Å². The van der Waals surface area contributed by atoms with E-state index in [2.05, 4.69) is 5.16 Å². The molecule has 0 aliphatic heterocycles. The number of carbonyl (C=O) groups is 1. The number of hydrogen-bond donors (Lipinski definition) is 1. The number of nitrogens with zero attached hydrogens (tertiary/aromatic N) is 1. The molecule has 1 heterocycles. The molecule has 3 rings (SSSR count). The van der Waals surface area contributed by atoms with Crippen LogP contribution in [0.4, 0.5) is 0 Å². The first-order chi connectivity index (χ1) is 8.74. The van der Waals surface area contributed by atoms with Crippen molar-refractivity contribution in [1.29, 1.82) is 0 Å². The fourth-order valence-corrected chi connectivity index (χ4v) is 3.02. The van der Waals surface area contributed by atoms with Crippen LogP contribution in [0.2, 0.25) is 0 Å². The van der Waals surface area contributed by atoms with E-state index in [4.69, 9.17) is 4.52 Å². The van der Waals surface area contributed by atoms with Gasteiger partial charge >= 0.3 is 5.97 Å². The fraction of sp³-hybridized carbons (Fsp3) is 0.429. The Kier molecular flexibility index (Phi) is 2.58. The van der Waals surface area contributed by atoms with Crippen molar-refractivity contribution in [1.82, 2.24) is 5.16 Å². The van der Waals surface area contributed by atoms with E-state index in [1.165, 1.54) is 0 Å². The second-order valence-electron chi connectivity index (χ2n) is 5.00. The lowest BCUT2D eigenvalue weighted by Gasteiger charge is -2.33. The van der Waals surface area contributed by atoms with Crippen molar-refractivity contribution in [3.8, 4) is 0 Å². The molecule has 0 spiro atoms. The topological polar surface area (TPSA) is 63.3 Å². The molecule has 1 aliphatic rings. The Hall–Kier alpha value is -1.84. The van der Waals surface area contributed by atoms with Gasteiger partial charge in [0.2, 0.25) is 0 Å². The van der Waals surface area contributed by atoms with E-state index in [1.54, 1.807) is 6.20 Å². The molecular formula is C14H15NO3. The molecule has 0 bridgehead atoms. The molecule has 0 atom stereocenters. The molecule has 18 heavy (non-hydrogen) atoms. The van der Waals surface area contributed by atoms with Gasteiger partial charge in [-0.3, -0.25) is 4.79 Å². The Balaban J connectivity index is 2.20. The van der Waals surface area contributed by atoms with Crippen LogP contribution in [0.1, 0.15) is 37.7 Å². The van der Waals surface area contributed by atoms with E-state index in [0.29, 0.717) is 18.4 Å². The zero-order chi connectivity index (χ0) is 12.6. The summed E-state index contributed by atoms with van der Waals surface area (Å²) >= 11 is 0. The van der Waals surface area contributed by atoms with Crippen LogP contribution in [-0.4, -0.2) is 16.2 Å². The van der Waals surface area contributed by atoms with Crippen molar-refractivity contribution in [2.24, 2.45) is 0 Å². The summed E-state index contributed by atoms with van der Waals surface area (Å²) in [6.45, 7) is 0. The first kappa shape index (κ1) is 11.3. The monoisotopic (exact) mass is 245 g/mol. The SMILES string of the molecule is O=C(O)C1(c2cccc3cnoc23)CCCCC1. The standard InChI is InChI=1S/C14H15NO3/c16-13(17)14(7-2-1-3-8-14)11-6-4-5-10-9-15-18-12(10)11/h4-6,9H,1-3,7-8H2,(H,16,17). The van der Waals surface area contributed by atoms with Crippen molar-refractivity contribution in [2.45, 2.75) is 37.5 Å². The van der Waals surface area contributed by atoms with E-state index in [9.17, 15) is 9.90 Å². The molecule has 1 aromatic heterocycles. The van der Waals surface area contributed by atoms with E-state index in [-0.39, 0.29) is 0 Å². The highest BCUT2D eigenvalue weighted by atomic mass is 16.5. The normalized spacial score (nSPS) is 18.9. The van der Waals surface area contributed by atoms with Gasteiger partial charge in [0.1, 0.15) is 0 Å². The lowest BCUT2D eigenvalue weighted by Crippen LogP contribution is -2.37. The van der Waals surface area contributed by atoms with Gasteiger partial charge in [0.15, 0.2) is 5.58 Å². The molecule has 2 aromatic rings. The van der Waals surface area contributed by atoms with Crippen molar-refractivity contribution >= 4 is 16.9 Å². The van der Waals surface area contributed by atoms with Crippen molar-refractivity contribution < 1.29 is 14.4 Å². The number of benzene rings is 1. The third-order valence-corrected chi connectivity index (χ3v) is 4.01. The van der Waals surface area contributed by atoms with Crippen LogP contribution >= 0.6 is 0 Å². The Labute approximate surface area is 105 Å². The minimum atomic E-state index is -0.794. The molecule has 0 radical (unpaired) electrons. The van der Waals surface area contributed by atoms with E-state index in [1.807, 2.05) is 18.2 Å². The predicted molar refractivity (Wildman–Crippen MR) is 66.4 cm³/mol. The average Bonchev–Trinajstić information content (AvgIpc) is 2.87. The van der Waals surface area contributed by atoms with Gasteiger partial charge in [-0.2, -0.15) is 0 Å². The molecule has 1 N–H and O–H groups in total. The maximum absolute atomic E-state index is 11.8. The van der Waals surface area contributed by atoms with Gasteiger partial charge in [-0.1, -0.05) is 36.6 Å². The van der Waals surface area contributed by atoms with Gasteiger partial charge in [0.25, 0.3) is 0 Å². The minimum absolute atomic E-state index is 0.627. The molecule has 0 unspecified atom stereocenters. The molecule has 94 valence electrons. The zero-order valence-corrected chi connectivity index (χ0v) is 10.1. The second-order valence-corrected chi connectivity index (χ2v) is 5.00. The molecule has 0 amide bonds. The Bertz CT molecular complexity index is 581. The van der Waals surface area contributed by atoms with E-state index < -0.39 is 11.4 Å². The Morgan fingerprint density at radius 1 is 1.28 bits per heavy atom. The molecular weight excluding hydrogens is 230 g/mol. The van der Waals surface area contributed by atoms with Crippen LogP contribution in [0.25, 0.3) is 11.0 Å². The summed E-state index contributed by atoms with van der Waals surface area (Å²) < 4.78 is 5.26. The Morgan fingerprint density at radius 2 is 2.06 bits per heavy atom. The number of fused-ring (bicyclic) bond motifs is 1. The molecule has 0 saturated heterocycles. The largest absolute Gasteiger partial charge is 0.481 e. The smallest absolute Gasteiger partial charge is 0.314 e. The lowest BCUT2D eigenvalue weighted by molar-refractivity contribution is -0.145. The van der Waals surface area contributed by atoms with Crippen molar-refractivity contribution in [3.63, 3.8) is 0 Å². The Morgan fingerprint density at radius 3 is 2.78 bits per heavy atom. The van der Waals surface area contributed by atoms with Gasteiger partial charge in [-0.15, -0.1) is 0 Å². The second kappa shape index (κ2) is 4.12. The van der Waals surface area contributed by atoms with Gasteiger partial charge in [0, 0.05) is 10.9 Å².